The number of amides is 3. The second-order valence-corrected chi connectivity index (χ2v) is 8.04. The van der Waals surface area contributed by atoms with Gasteiger partial charge in [0.2, 0.25) is 11.8 Å². The molecule has 3 amide bonds. The van der Waals surface area contributed by atoms with Crippen molar-refractivity contribution < 1.29 is 37.5 Å². The van der Waals surface area contributed by atoms with Gasteiger partial charge < -0.3 is 26.0 Å². The number of nitrogens with one attached hydrogen (secondary N) is 3. The highest BCUT2D eigenvalue weighted by molar-refractivity contribution is 5.85. The molecule has 0 unspecified atom stereocenters. The number of carboxylic acid groups (broad SMARTS) is 1. The Morgan fingerprint density at radius 1 is 1.10 bits per heavy atom. The second kappa shape index (κ2) is 11.3. The van der Waals surface area contributed by atoms with Crippen LogP contribution in [-0.2, 0) is 19.2 Å². The van der Waals surface area contributed by atoms with Gasteiger partial charge in [-0.3, -0.25) is 19.2 Å². The molecule has 2 atom stereocenters. The Morgan fingerprint density at radius 2 is 1.77 bits per heavy atom. The molecular formula is C19H29F3N4O5. The zero-order valence-corrected chi connectivity index (χ0v) is 17.2. The van der Waals surface area contributed by atoms with E-state index in [0.29, 0.717) is 31.7 Å². The van der Waals surface area contributed by atoms with E-state index < -0.39 is 42.5 Å². The minimum absolute atomic E-state index is 0.0662. The van der Waals surface area contributed by atoms with Gasteiger partial charge in [-0.1, -0.05) is 0 Å². The fraction of sp³-hybridized carbons (Fsp3) is 0.789. The van der Waals surface area contributed by atoms with Gasteiger partial charge >= 0.3 is 18.1 Å². The molecule has 0 radical (unpaired) electrons. The molecular weight excluding hydrogens is 421 g/mol. The molecule has 9 nitrogen and oxygen atoms in total. The average molecular weight is 450 g/mol. The van der Waals surface area contributed by atoms with Gasteiger partial charge in [0.15, 0.2) is 0 Å². The van der Waals surface area contributed by atoms with Crippen LogP contribution in [0.1, 0.15) is 44.9 Å². The summed E-state index contributed by atoms with van der Waals surface area (Å²) in [5.41, 5.74) is 0. The third-order valence-electron chi connectivity index (χ3n) is 5.63. The highest BCUT2D eigenvalue weighted by atomic mass is 19.4. The summed E-state index contributed by atoms with van der Waals surface area (Å²) in [5.74, 6) is -4.77. The Hall–Kier alpha value is -2.37. The summed E-state index contributed by atoms with van der Waals surface area (Å²) < 4.78 is 37.4. The molecule has 2 fully saturated rings. The van der Waals surface area contributed by atoms with Crippen LogP contribution in [-0.4, -0.2) is 72.2 Å². The van der Waals surface area contributed by atoms with Crippen LogP contribution in [0.15, 0.2) is 0 Å². The molecule has 12 heteroatoms. The highest BCUT2D eigenvalue weighted by Gasteiger charge is 2.40. The molecule has 0 aromatic rings. The van der Waals surface area contributed by atoms with Crippen molar-refractivity contribution in [2.24, 2.45) is 11.8 Å². The number of likely N-dealkylation sites (tertiary alicyclic amines) is 1. The Morgan fingerprint density at radius 3 is 2.39 bits per heavy atom. The zero-order valence-electron chi connectivity index (χ0n) is 17.2. The van der Waals surface area contributed by atoms with Crippen LogP contribution >= 0.6 is 0 Å². The number of piperidine rings is 2. The van der Waals surface area contributed by atoms with Gasteiger partial charge in [0.05, 0.1) is 12.3 Å². The van der Waals surface area contributed by atoms with Gasteiger partial charge in [-0.25, -0.2) is 0 Å². The number of alkyl halides is 3. The van der Waals surface area contributed by atoms with Crippen molar-refractivity contribution in [2.45, 2.75) is 57.3 Å². The fourth-order valence-corrected chi connectivity index (χ4v) is 3.92. The Balaban J connectivity index is 1.88. The van der Waals surface area contributed by atoms with E-state index in [1.165, 1.54) is 5.32 Å². The first-order chi connectivity index (χ1) is 14.6. The number of halogens is 3. The van der Waals surface area contributed by atoms with Gasteiger partial charge in [-0.15, -0.1) is 0 Å². The van der Waals surface area contributed by atoms with Crippen molar-refractivity contribution in [3.05, 3.63) is 0 Å². The smallest absolute Gasteiger partial charge is 0.471 e. The van der Waals surface area contributed by atoms with Crippen LogP contribution in [0.2, 0.25) is 0 Å². The molecule has 0 saturated carbocycles. The topological polar surface area (TPSA) is 128 Å². The van der Waals surface area contributed by atoms with Gasteiger partial charge in [0, 0.05) is 19.5 Å². The number of nitrogens with zero attached hydrogens (tertiary/aromatic N) is 1. The Kier molecular flexibility index (Phi) is 9.08. The number of carbonyl (C=O) groups excluding carboxylic acids is 3. The third-order valence-corrected chi connectivity index (χ3v) is 5.63. The fourth-order valence-electron chi connectivity index (χ4n) is 3.92. The second-order valence-electron chi connectivity index (χ2n) is 8.04. The van der Waals surface area contributed by atoms with Crippen molar-refractivity contribution in [2.75, 3.05) is 26.2 Å². The minimum atomic E-state index is -5.20. The van der Waals surface area contributed by atoms with E-state index in [1.807, 2.05) is 0 Å². The van der Waals surface area contributed by atoms with Gasteiger partial charge in [-0.05, 0) is 51.1 Å². The van der Waals surface area contributed by atoms with Crippen molar-refractivity contribution in [3.63, 3.8) is 0 Å². The number of carbonyl (C=O) groups is 4. The molecule has 31 heavy (non-hydrogen) atoms. The molecule has 0 aromatic heterocycles. The summed E-state index contributed by atoms with van der Waals surface area (Å²) in [4.78, 5) is 48.7. The lowest BCUT2D eigenvalue weighted by atomic mass is 9.92. The molecule has 2 rings (SSSR count). The quantitative estimate of drug-likeness (QED) is 0.401. The Bertz CT molecular complexity index is 667. The molecule has 0 aromatic carbocycles. The number of rotatable bonds is 8. The molecule has 0 aliphatic carbocycles. The molecule has 0 spiro atoms. The van der Waals surface area contributed by atoms with E-state index in [4.69, 9.17) is 5.11 Å². The number of hydrogen-bond acceptors (Lipinski definition) is 5. The van der Waals surface area contributed by atoms with Gasteiger partial charge in [-0.2, -0.15) is 13.2 Å². The summed E-state index contributed by atoms with van der Waals surface area (Å²) in [6, 6.07) is 0. The first kappa shape index (κ1) is 24.9. The number of carboxylic acids is 1. The molecule has 176 valence electrons. The van der Waals surface area contributed by atoms with Crippen LogP contribution in [0.4, 0.5) is 13.2 Å². The molecule has 0 bridgehead atoms. The molecule has 2 saturated heterocycles. The maximum Gasteiger partial charge on any atom is 0.471 e. The maximum absolute atomic E-state index is 12.6. The maximum atomic E-state index is 12.6. The van der Waals surface area contributed by atoms with Crippen LogP contribution in [0.3, 0.4) is 0 Å². The SMILES string of the molecule is O=C(O)C[C@@H](NC(=O)[C@@H]1CCCN(C(=O)CCC2CCNCC2)C1)NC(=O)C(F)(F)F. The van der Waals surface area contributed by atoms with E-state index in [-0.39, 0.29) is 12.5 Å². The third kappa shape index (κ3) is 8.35. The van der Waals surface area contributed by atoms with Crippen molar-refractivity contribution in [1.29, 1.82) is 0 Å². The standard InChI is InChI=1S/C19H29F3N4O5/c20-19(21,22)18(31)25-14(10-16(28)29)24-17(30)13-2-1-9-26(11-13)15(27)4-3-12-5-7-23-8-6-12/h12-14,23H,1-11H2,(H,24,30)(H,25,31)(H,28,29)/t13-,14+/m1/s1. The van der Waals surface area contributed by atoms with Crippen LogP contribution in [0, 0.1) is 11.8 Å². The van der Waals surface area contributed by atoms with E-state index in [1.54, 1.807) is 4.90 Å². The number of hydrogen-bond donors (Lipinski definition) is 4. The number of aliphatic carboxylic acids is 1. The summed E-state index contributed by atoms with van der Waals surface area (Å²) in [5, 5.41) is 15.8. The van der Waals surface area contributed by atoms with E-state index in [0.717, 1.165) is 32.4 Å². The van der Waals surface area contributed by atoms with E-state index in [2.05, 4.69) is 10.6 Å². The lowest BCUT2D eigenvalue weighted by molar-refractivity contribution is -0.175. The highest BCUT2D eigenvalue weighted by Crippen LogP contribution is 2.22. The molecule has 4 N–H and O–H groups in total. The Labute approximate surface area is 178 Å². The van der Waals surface area contributed by atoms with Crippen molar-refractivity contribution in [1.82, 2.24) is 20.9 Å². The zero-order chi connectivity index (χ0) is 23.0. The van der Waals surface area contributed by atoms with E-state index >= 15 is 0 Å². The summed E-state index contributed by atoms with van der Waals surface area (Å²) in [6.45, 7) is 2.49. The molecule has 2 aliphatic rings. The molecule has 2 heterocycles. The summed E-state index contributed by atoms with van der Waals surface area (Å²) in [7, 11) is 0. The summed E-state index contributed by atoms with van der Waals surface area (Å²) >= 11 is 0. The normalized spacial score (nSPS) is 21.3. The van der Waals surface area contributed by atoms with Crippen molar-refractivity contribution in [3.8, 4) is 0 Å². The van der Waals surface area contributed by atoms with Crippen LogP contribution in [0.5, 0.6) is 0 Å². The van der Waals surface area contributed by atoms with Crippen molar-refractivity contribution >= 4 is 23.7 Å². The van der Waals surface area contributed by atoms with Gasteiger partial charge in [0.1, 0.15) is 6.17 Å². The molecule has 2 aliphatic heterocycles. The first-order valence-corrected chi connectivity index (χ1v) is 10.4. The predicted octanol–water partition coefficient (Wildman–Crippen LogP) is 0.600. The first-order valence-electron chi connectivity index (χ1n) is 10.4. The minimum Gasteiger partial charge on any atom is -0.481 e. The lowest BCUT2D eigenvalue weighted by Crippen LogP contribution is -2.55. The average Bonchev–Trinajstić information content (AvgIpc) is 2.71. The van der Waals surface area contributed by atoms with E-state index in [9.17, 15) is 32.3 Å². The van der Waals surface area contributed by atoms with Crippen LogP contribution in [0.25, 0.3) is 0 Å². The lowest BCUT2D eigenvalue weighted by Gasteiger charge is -2.33. The largest absolute Gasteiger partial charge is 0.481 e. The summed E-state index contributed by atoms with van der Waals surface area (Å²) in [6.07, 6.45) is -3.65. The van der Waals surface area contributed by atoms with Gasteiger partial charge in [0.25, 0.3) is 0 Å². The predicted molar refractivity (Wildman–Crippen MR) is 103 cm³/mol. The van der Waals surface area contributed by atoms with Crippen LogP contribution < -0.4 is 16.0 Å². The monoisotopic (exact) mass is 450 g/mol.